The normalized spacial score (nSPS) is 15.1. The third kappa shape index (κ3) is 3.98. The number of rotatable bonds is 6. The molecule has 6 heteroatoms. The molecule has 0 saturated heterocycles. The molecule has 1 aromatic heterocycles. The highest BCUT2D eigenvalue weighted by Crippen LogP contribution is 2.38. The summed E-state index contributed by atoms with van der Waals surface area (Å²) in [7, 11) is 0. The molecule has 1 aliphatic heterocycles. The first-order valence-electron chi connectivity index (χ1n) is 9.49. The van der Waals surface area contributed by atoms with Crippen molar-refractivity contribution >= 4 is 23.0 Å². The zero-order valence-electron chi connectivity index (χ0n) is 16.3. The number of aliphatic carboxylic acids is 1. The van der Waals surface area contributed by atoms with Crippen LogP contribution in [0.1, 0.15) is 33.2 Å². The van der Waals surface area contributed by atoms with Crippen LogP contribution < -0.4 is 10.1 Å². The molecule has 0 spiro atoms. The molecule has 2 N–H and O–H groups in total. The van der Waals surface area contributed by atoms with Gasteiger partial charge in [0, 0.05) is 50.7 Å². The van der Waals surface area contributed by atoms with Crippen molar-refractivity contribution in [1.29, 1.82) is 0 Å². The Hall–Kier alpha value is -2.86. The van der Waals surface area contributed by atoms with Crippen LogP contribution in [0, 0.1) is 19.7 Å². The van der Waals surface area contributed by atoms with Crippen molar-refractivity contribution in [3.05, 3.63) is 69.2 Å². The van der Waals surface area contributed by atoms with Gasteiger partial charge in [0.15, 0.2) is 0 Å². The standard InChI is InChI=1S/C23H22FNO3S/c1-13-8-20(14(2)29-13)19-5-3-4-15(23(19)24)11-25-17-6-7-18-16(9-22(26)27)12-28-21(18)10-17/h3-8,10,16,25H,9,11-12H2,1-2H3,(H,26,27). The molecular weight excluding hydrogens is 389 g/mol. The molecule has 1 aliphatic rings. The summed E-state index contributed by atoms with van der Waals surface area (Å²) in [5.74, 6) is -0.470. The Morgan fingerprint density at radius 2 is 2.07 bits per heavy atom. The Morgan fingerprint density at radius 1 is 1.24 bits per heavy atom. The predicted octanol–water partition coefficient (Wildman–Crippen LogP) is 5.73. The van der Waals surface area contributed by atoms with Gasteiger partial charge in [-0.1, -0.05) is 24.3 Å². The van der Waals surface area contributed by atoms with Gasteiger partial charge in [0.1, 0.15) is 11.6 Å². The van der Waals surface area contributed by atoms with E-state index in [4.69, 9.17) is 9.84 Å². The molecule has 0 fully saturated rings. The summed E-state index contributed by atoms with van der Waals surface area (Å²) in [6, 6.07) is 13.1. The lowest BCUT2D eigenvalue weighted by Gasteiger charge is -2.12. The number of aryl methyl sites for hydroxylation is 2. The summed E-state index contributed by atoms with van der Waals surface area (Å²) in [5, 5.41) is 12.3. The first-order valence-corrected chi connectivity index (χ1v) is 10.3. The van der Waals surface area contributed by atoms with Crippen molar-refractivity contribution in [3.63, 3.8) is 0 Å². The molecule has 0 amide bonds. The molecule has 0 radical (unpaired) electrons. The fourth-order valence-corrected chi connectivity index (χ4v) is 4.72. The van der Waals surface area contributed by atoms with E-state index in [1.54, 1.807) is 17.4 Å². The predicted molar refractivity (Wildman–Crippen MR) is 113 cm³/mol. The Kier molecular flexibility index (Phi) is 5.28. The summed E-state index contributed by atoms with van der Waals surface area (Å²) in [4.78, 5) is 13.2. The summed E-state index contributed by atoms with van der Waals surface area (Å²) < 4.78 is 20.8. The van der Waals surface area contributed by atoms with Crippen molar-refractivity contribution in [2.24, 2.45) is 0 Å². The second kappa shape index (κ2) is 7.87. The van der Waals surface area contributed by atoms with E-state index in [0.717, 1.165) is 21.7 Å². The van der Waals surface area contributed by atoms with Crippen LogP contribution in [0.5, 0.6) is 5.75 Å². The van der Waals surface area contributed by atoms with Crippen molar-refractivity contribution in [2.45, 2.75) is 32.7 Å². The highest BCUT2D eigenvalue weighted by Gasteiger charge is 2.26. The van der Waals surface area contributed by atoms with Gasteiger partial charge in [0.25, 0.3) is 0 Å². The summed E-state index contributed by atoms with van der Waals surface area (Å²) in [6.07, 6.45) is 0.0548. The molecule has 2 aromatic carbocycles. The van der Waals surface area contributed by atoms with Gasteiger partial charge in [-0.25, -0.2) is 4.39 Å². The van der Waals surface area contributed by atoms with E-state index in [-0.39, 0.29) is 18.2 Å². The van der Waals surface area contributed by atoms with Gasteiger partial charge in [0.2, 0.25) is 0 Å². The molecule has 150 valence electrons. The third-order valence-corrected chi connectivity index (χ3v) is 6.17. The molecule has 0 bridgehead atoms. The highest BCUT2D eigenvalue weighted by atomic mass is 32.1. The first kappa shape index (κ1) is 19.5. The van der Waals surface area contributed by atoms with Gasteiger partial charge in [-0.3, -0.25) is 4.79 Å². The highest BCUT2D eigenvalue weighted by molar-refractivity contribution is 7.12. The minimum absolute atomic E-state index is 0.0548. The summed E-state index contributed by atoms with van der Waals surface area (Å²) >= 11 is 1.67. The number of nitrogens with one attached hydrogen (secondary N) is 1. The molecule has 1 unspecified atom stereocenters. The van der Waals surface area contributed by atoms with Gasteiger partial charge >= 0.3 is 5.97 Å². The monoisotopic (exact) mass is 411 g/mol. The van der Waals surface area contributed by atoms with E-state index in [1.807, 2.05) is 50.2 Å². The molecule has 29 heavy (non-hydrogen) atoms. The molecule has 4 rings (SSSR count). The molecular formula is C23H22FNO3S. The number of ether oxygens (including phenoxy) is 1. The van der Waals surface area contributed by atoms with Crippen LogP contribution in [0.4, 0.5) is 10.1 Å². The lowest BCUT2D eigenvalue weighted by atomic mass is 9.98. The Balaban J connectivity index is 1.51. The van der Waals surface area contributed by atoms with Crippen molar-refractivity contribution < 1.29 is 19.0 Å². The smallest absolute Gasteiger partial charge is 0.304 e. The number of hydrogen-bond acceptors (Lipinski definition) is 4. The third-order valence-electron chi connectivity index (χ3n) is 5.21. The molecule has 3 aromatic rings. The maximum Gasteiger partial charge on any atom is 0.304 e. The number of benzene rings is 2. The van der Waals surface area contributed by atoms with Crippen LogP contribution >= 0.6 is 11.3 Å². The molecule has 0 saturated carbocycles. The molecule has 2 heterocycles. The number of carboxylic acids is 1. The fraction of sp³-hybridized carbons (Fsp3) is 0.261. The second-order valence-corrected chi connectivity index (χ2v) is 8.78. The lowest BCUT2D eigenvalue weighted by Crippen LogP contribution is -2.07. The number of carbonyl (C=O) groups is 1. The quantitative estimate of drug-likeness (QED) is 0.544. The van der Waals surface area contributed by atoms with Crippen LogP contribution in [0.25, 0.3) is 11.1 Å². The number of halogens is 1. The largest absolute Gasteiger partial charge is 0.493 e. The average molecular weight is 411 g/mol. The Morgan fingerprint density at radius 3 is 2.79 bits per heavy atom. The van der Waals surface area contributed by atoms with E-state index in [2.05, 4.69) is 5.32 Å². The maximum absolute atomic E-state index is 15.1. The number of thiophene rings is 1. The van der Waals surface area contributed by atoms with E-state index < -0.39 is 5.97 Å². The second-order valence-electron chi connectivity index (χ2n) is 7.32. The molecule has 0 aliphatic carbocycles. The zero-order valence-corrected chi connectivity index (χ0v) is 17.1. The average Bonchev–Trinajstić information content (AvgIpc) is 3.22. The number of anilines is 1. The van der Waals surface area contributed by atoms with Crippen molar-refractivity contribution in [3.8, 4) is 16.9 Å². The van der Waals surface area contributed by atoms with Crippen LogP contribution in [0.15, 0.2) is 42.5 Å². The van der Waals surface area contributed by atoms with E-state index in [1.165, 1.54) is 4.88 Å². The number of carboxylic acid groups (broad SMARTS) is 1. The minimum atomic E-state index is -0.833. The van der Waals surface area contributed by atoms with Crippen LogP contribution in [0.3, 0.4) is 0 Å². The fourth-order valence-electron chi connectivity index (χ4n) is 3.79. The molecule has 4 nitrogen and oxygen atoms in total. The summed E-state index contributed by atoms with van der Waals surface area (Å²) in [5.41, 5.74) is 3.89. The summed E-state index contributed by atoms with van der Waals surface area (Å²) in [6.45, 7) is 4.77. The Labute approximate surface area is 173 Å². The van der Waals surface area contributed by atoms with Crippen molar-refractivity contribution in [1.82, 2.24) is 0 Å². The first-order chi connectivity index (χ1) is 13.9. The van der Waals surface area contributed by atoms with Gasteiger partial charge in [0.05, 0.1) is 13.0 Å². The van der Waals surface area contributed by atoms with Crippen LogP contribution in [-0.4, -0.2) is 17.7 Å². The Bertz CT molecular complexity index is 1080. The zero-order chi connectivity index (χ0) is 20.5. The van der Waals surface area contributed by atoms with Crippen LogP contribution in [0.2, 0.25) is 0 Å². The van der Waals surface area contributed by atoms with E-state index >= 15 is 4.39 Å². The number of fused-ring (bicyclic) bond motifs is 1. The van der Waals surface area contributed by atoms with Crippen molar-refractivity contribution in [2.75, 3.05) is 11.9 Å². The van der Waals surface area contributed by atoms with E-state index in [0.29, 0.717) is 30.0 Å². The van der Waals surface area contributed by atoms with E-state index in [9.17, 15) is 4.79 Å². The maximum atomic E-state index is 15.1. The molecule has 1 atom stereocenters. The number of hydrogen-bond donors (Lipinski definition) is 2. The lowest BCUT2D eigenvalue weighted by molar-refractivity contribution is -0.137. The SMILES string of the molecule is Cc1cc(-c2cccc(CNc3ccc4c(c3)OCC4CC(=O)O)c2F)c(C)s1. The van der Waals surface area contributed by atoms with Crippen LogP contribution in [-0.2, 0) is 11.3 Å². The van der Waals surface area contributed by atoms with Gasteiger partial charge in [-0.15, -0.1) is 11.3 Å². The minimum Gasteiger partial charge on any atom is -0.493 e. The van der Waals surface area contributed by atoms with Gasteiger partial charge in [-0.05, 0) is 31.5 Å². The topological polar surface area (TPSA) is 58.6 Å². The van der Waals surface area contributed by atoms with Gasteiger partial charge < -0.3 is 15.2 Å². The van der Waals surface area contributed by atoms with Gasteiger partial charge in [-0.2, -0.15) is 0 Å².